The molecule has 2 atom stereocenters. The molecule has 0 bridgehead atoms. The van der Waals surface area contributed by atoms with Crippen LogP contribution in [-0.4, -0.2) is 32.8 Å². The van der Waals surface area contributed by atoms with E-state index in [0.29, 0.717) is 19.1 Å². The van der Waals surface area contributed by atoms with Crippen molar-refractivity contribution in [1.29, 1.82) is 0 Å². The van der Waals surface area contributed by atoms with Crippen molar-refractivity contribution >= 4 is 29.9 Å². The van der Waals surface area contributed by atoms with Crippen molar-refractivity contribution in [2.45, 2.75) is 45.9 Å². The lowest BCUT2D eigenvalue weighted by molar-refractivity contribution is -0.0265. The molecule has 5 nitrogen and oxygen atoms in total. The first-order chi connectivity index (χ1) is 14.7. The van der Waals surface area contributed by atoms with Gasteiger partial charge in [-0.2, -0.15) is 0 Å². The summed E-state index contributed by atoms with van der Waals surface area (Å²) in [6.45, 7) is 7.98. The van der Waals surface area contributed by atoms with E-state index in [1.165, 1.54) is 22.3 Å². The minimum atomic E-state index is 0. The third kappa shape index (κ3) is 8.09. The van der Waals surface area contributed by atoms with Crippen molar-refractivity contribution in [3.63, 3.8) is 0 Å². The first-order valence-electron chi connectivity index (χ1n) is 11.0. The Morgan fingerprint density at radius 3 is 2.65 bits per heavy atom. The molecule has 0 radical (unpaired) electrons. The number of benzene rings is 2. The number of nitrogens with zero attached hydrogens (tertiary/aromatic N) is 1. The molecular formula is C25H36IN3O2. The summed E-state index contributed by atoms with van der Waals surface area (Å²) in [4.78, 5) is 4.79. The van der Waals surface area contributed by atoms with Crippen LogP contribution < -0.4 is 10.6 Å². The molecule has 0 saturated carbocycles. The van der Waals surface area contributed by atoms with Crippen molar-refractivity contribution < 1.29 is 9.47 Å². The SMILES string of the molecule is CCNC(=NCc1cccc(COC)c1)NCC1CCCOC1c1ccc(C)cc1.I. The number of aliphatic imine (C=N–C) groups is 1. The van der Waals surface area contributed by atoms with Gasteiger partial charge in [0.1, 0.15) is 0 Å². The molecule has 1 saturated heterocycles. The number of rotatable bonds is 8. The van der Waals surface area contributed by atoms with Crippen LogP contribution in [0.4, 0.5) is 0 Å². The summed E-state index contributed by atoms with van der Waals surface area (Å²) in [7, 11) is 1.72. The molecule has 2 N–H and O–H groups in total. The van der Waals surface area contributed by atoms with Crippen LogP contribution in [0.25, 0.3) is 0 Å². The Labute approximate surface area is 204 Å². The van der Waals surface area contributed by atoms with Gasteiger partial charge in [-0.15, -0.1) is 24.0 Å². The number of guanidine groups is 1. The highest BCUT2D eigenvalue weighted by Crippen LogP contribution is 2.33. The van der Waals surface area contributed by atoms with Crippen LogP contribution in [0.15, 0.2) is 53.5 Å². The average molecular weight is 537 g/mol. The molecule has 170 valence electrons. The monoisotopic (exact) mass is 537 g/mol. The summed E-state index contributed by atoms with van der Waals surface area (Å²) < 4.78 is 11.4. The fourth-order valence-electron chi connectivity index (χ4n) is 3.90. The van der Waals surface area contributed by atoms with Gasteiger partial charge in [-0.25, -0.2) is 4.99 Å². The normalized spacial score (nSPS) is 18.9. The van der Waals surface area contributed by atoms with Gasteiger partial charge in [-0.1, -0.05) is 54.1 Å². The molecule has 3 rings (SSSR count). The van der Waals surface area contributed by atoms with E-state index in [-0.39, 0.29) is 30.1 Å². The fraction of sp³-hybridized carbons (Fsp3) is 0.480. The van der Waals surface area contributed by atoms with Gasteiger partial charge in [0.15, 0.2) is 5.96 Å². The summed E-state index contributed by atoms with van der Waals surface area (Å²) in [5, 5.41) is 6.91. The van der Waals surface area contributed by atoms with E-state index in [1.54, 1.807) is 7.11 Å². The zero-order valence-corrected chi connectivity index (χ0v) is 21.2. The number of hydrogen-bond donors (Lipinski definition) is 2. The molecule has 1 aliphatic heterocycles. The Hall–Kier alpha value is -1.64. The van der Waals surface area contributed by atoms with E-state index in [2.05, 4.69) is 73.0 Å². The maximum absolute atomic E-state index is 6.16. The number of nitrogens with one attached hydrogen (secondary N) is 2. The highest BCUT2D eigenvalue weighted by atomic mass is 127. The van der Waals surface area contributed by atoms with Crippen LogP contribution in [0.2, 0.25) is 0 Å². The minimum Gasteiger partial charge on any atom is -0.380 e. The molecule has 6 heteroatoms. The molecule has 0 amide bonds. The van der Waals surface area contributed by atoms with E-state index in [0.717, 1.165) is 38.5 Å². The summed E-state index contributed by atoms with van der Waals surface area (Å²) in [6, 6.07) is 17.1. The predicted molar refractivity (Wildman–Crippen MR) is 138 cm³/mol. The largest absolute Gasteiger partial charge is 0.380 e. The Kier molecular flexibility index (Phi) is 11.3. The smallest absolute Gasteiger partial charge is 0.191 e. The second-order valence-electron chi connectivity index (χ2n) is 7.93. The second-order valence-corrected chi connectivity index (χ2v) is 7.93. The molecule has 2 aromatic rings. The van der Waals surface area contributed by atoms with Gasteiger partial charge in [-0.05, 0) is 43.4 Å². The van der Waals surface area contributed by atoms with Gasteiger partial charge in [-0.3, -0.25) is 0 Å². The highest BCUT2D eigenvalue weighted by Gasteiger charge is 2.27. The van der Waals surface area contributed by atoms with Gasteiger partial charge in [0.25, 0.3) is 0 Å². The second kappa shape index (κ2) is 13.7. The molecule has 2 unspecified atom stereocenters. The Morgan fingerprint density at radius 1 is 1.13 bits per heavy atom. The van der Waals surface area contributed by atoms with Crippen molar-refractivity contribution in [3.05, 3.63) is 70.8 Å². The maximum atomic E-state index is 6.16. The topological polar surface area (TPSA) is 54.9 Å². The quantitative estimate of drug-likeness (QED) is 0.283. The van der Waals surface area contributed by atoms with Crippen LogP contribution in [0, 0.1) is 12.8 Å². The van der Waals surface area contributed by atoms with Crippen LogP contribution >= 0.6 is 24.0 Å². The van der Waals surface area contributed by atoms with Gasteiger partial charge in [0.05, 0.1) is 19.3 Å². The number of hydrogen-bond acceptors (Lipinski definition) is 3. The van der Waals surface area contributed by atoms with E-state index in [4.69, 9.17) is 14.5 Å². The van der Waals surface area contributed by atoms with Gasteiger partial charge in [0.2, 0.25) is 0 Å². The molecule has 2 aromatic carbocycles. The Morgan fingerprint density at radius 2 is 1.90 bits per heavy atom. The third-order valence-corrected chi connectivity index (χ3v) is 5.45. The van der Waals surface area contributed by atoms with Gasteiger partial charge < -0.3 is 20.1 Å². The van der Waals surface area contributed by atoms with Gasteiger partial charge >= 0.3 is 0 Å². The van der Waals surface area contributed by atoms with Crippen molar-refractivity contribution in [3.8, 4) is 0 Å². The predicted octanol–water partition coefficient (Wildman–Crippen LogP) is 4.98. The first-order valence-corrected chi connectivity index (χ1v) is 11.0. The van der Waals surface area contributed by atoms with Crippen LogP contribution in [0.5, 0.6) is 0 Å². The van der Waals surface area contributed by atoms with Crippen LogP contribution in [0.1, 0.15) is 48.1 Å². The Balaban J connectivity index is 0.00000341. The number of methoxy groups -OCH3 is 1. The van der Waals surface area contributed by atoms with Gasteiger partial charge in [0, 0.05) is 32.7 Å². The van der Waals surface area contributed by atoms with Crippen LogP contribution in [-0.2, 0) is 22.6 Å². The highest BCUT2D eigenvalue weighted by molar-refractivity contribution is 14.0. The molecule has 0 aliphatic carbocycles. The van der Waals surface area contributed by atoms with E-state index in [9.17, 15) is 0 Å². The average Bonchev–Trinajstić information content (AvgIpc) is 2.77. The molecule has 1 aliphatic rings. The standard InChI is InChI=1S/C25H35N3O2.HI/c1-4-26-25(27-16-20-7-5-8-21(15-20)18-29-3)28-17-23-9-6-14-30-24(23)22-12-10-19(2)11-13-22;/h5,7-8,10-13,15,23-24H,4,6,9,14,16-18H2,1-3H3,(H2,26,27,28);1H. The lowest BCUT2D eigenvalue weighted by Crippen LogP contribution is -2.42. The summed E-state index contributed by atoms with van der Waals surface area (Å²) >= 11 is 0. The molecular weight excluding hydrogens is 501 g/mol. The van der Waals surface area contributed by atoms with E-state index >= 15 is 0 Å². The fourth-order valence-corrected chi connectivity index (χ4v) is 3.90. The lowest BCUT2D eigenvalue weighted by atomic mass is 9.89. The molecule has 0 aromatic heterocycles. The third-order valence-electron chi connectivity index (χ3n) is 5.45. The number of aryl methyl sites for hydroxylation is 1. The minimum absolute atomic E-state index is 0. The number of halogens is 1. The van der Waals surface area contributed by atoms with E-state index in [1.807, 2.05) is 0 Å². The summed E-state index contributed by atoms with van der Waals surface area (Å²) in [5.41, 5.74) is 4.90. The van der Waals surface area contributed by atoms with Crippen molar-refractivity contribution in [1.82, 2.24) is 10.6 Å². The van der Waals surface area contributed by atoms with Crippen LogP contribution in [0.3, 0.4) is 0 Å². The maximum Gasteiger partial charge on any atom is 0.191 e. The Bertz CT molecular complexity index is 811. The summed E-state index contributed by atoms with van der Waals surface area (Å²) in [5.74, 6) is 1.28. The zero-order valence-electron chi connectivity index (χ0n) is 18.9. The lowest BCUT2D eigenvalue weighted by Gasteiger charge is -2.32. The van der Waals surface area contributed by atoms with Crippen molar-refractivity contribution in [2.75, 3.05) is 26.8 Å². The molecule has 0 spiro atoms. The number of ether oxygens (including phenoxy) is 2. The summed E-state index contributed by atoms with van der Waals surface area (Å²) in [6.07, 6.45) is 2.40. The van der Waals surface area contributed by atoms with E-state index < -0.39 is 0 Å². The molecule has 1 fully saturated rings. The molecule has 1 heterocycles. The van der Waals surface area contributed by atoms with Crippen molar-refractivity contribution in [2.24, 2.45) is 10.9 Å². The molecule has 31 heavy (non-hydrogen) atoms. The zero-order chi connectivity index (χ0) is 21.2. The first kappa shape index (κ1) is 25.6.